The summed E-state index contributed by atoms with van der Waals surface area (Å²) < 4.78 is 31.3. The highest BCUT2D eigenvalue weighted by molar-refractivity contribution is 6.31. The molecule has 3 aromatic carbocycles. The Bertz CT molecular complexity index is 1400. The Morgan fingerprint density at radius 1 is 1.11 bits per heavy atom. The minimum Gasteiger partial charge on any atom is -0.325 e. The molecule has 2 N–H and O–H groups in total. The number of hydrogen-bond acceptors (Lipinski definition) is 3. The van der Waals surface area contributed by atoms with Crippen LogP contribution in [0.2, 0.25) is 10.0 Å². The van der Waals surface area contributed by atoms with Crippen LogP contribution in [0.4, 0.5) is 14.5 Å². The average Bonchev–Trinajstić information content (AvgIpc) is 3.15. The van der Waals surface area contributed by atoms with Gasteiger partial charge in [0.05, 0.1) is 17.1 Å². The molecule has 198 valence electrons. The Morgan fingerprint density at radius 2 is 1.79 bits per heavy atom. The van der Waals surface area contributed by atoms with Crippen LogP contribution in [0.3, 0.4) is 0 Å². The van der Waals surface area contributed by atoms with Crippen LogP contribution in [0.1, 0.15) is 49.8 Å². The van der Waals surface area contributed by atoms with Crippen LogP contribution in [0, 0.1) is 35.3 Å². The first-order chi connectivity index (χ1) is 17.9. The molecule has 0 radical (unpaired) electrons. The van der Waals surface area contributed by atoms with Gasteiger partial charge in [0.1, 0.15) is 17.0 Å². The molecule has 4 rings (SSSR count). The maximum absolute atomic E-state index is 15.7. The first-order valence-corrected chi connectivity index (χ1v) is 13.1. The van der Waals surface area contributed by atoms with Crippen LogP contribution in [0.15, 0.2) is 60.7 Å². The van der Waals surface area contributed by atoms with Crippen LogP contribution in [0.25, 0.3) is 0 Å². The van der Waals surface area contributed by atoms with E-state index in [-0.39, 0.29) is 26.6 Å². The van der Waals surface area contributed by atoms with E-state index in [4.69, 9.17) is 23.2 Å². The standard InChI is InChI=1S/C30H29Cl2F2N3O/c1-17-8-11-19(12-9-17)36-28(38)27-25(20-6-5-7-22(32)26(20)34)30(16-35,24(37-27)15-29(2,3)4)21-13-10-18(31)14-23(21)33/h5-14,24-25,27,37H,15H2,1-4H3,(H,36,38)/t24?,25?,27-,30+/m1/s1. The summed E-state index contributed by atoms with van der Waals surface area (Å²) in [5.74, 6) is -3.03. The zero-order valence-corrected chi connectivity index (χ0v) is 23.1. The second-order valence-electron chi connectivity index (χ2n) is 11.0. The molecule has 0 aliphatic carbocycles. The van der Waals surface area contributed by atoms with Crippen molar-refractivity contribution in [3.05, 3.63) is 99.0 Å². The van der Waals surface area contributed by atoms with Gasteiger partial charge in [-0.1, -0.05) is 79.9 Å². The van der Waals surface area contributed by atoms with Gasteiger partial charge >= 0.3 is 0 Å². The number of aryl methyl sites for hydroxylation is 1. The third-order valence-electron chi connectivity index (χ3n) is 7.05. The molecule has 1 aliphatic heterocycles. The lowest BCUT2D eigenvalue weighted by molar-refractivity contribution is -0.118. The Hall–Kier alpha value is -2.98. The Balaban J connectivity index is 1.96. The third-order valence-corrected chi connectivity index (χ3v) is 7.58. The van der Waals surface area contributed by atoms with E-state index in [1.165, 1.54) is 24.3 Å². The lowest BCUT2D eigenvalue weighted by atomic mass is 9.62. The molecule has 1 saturated heterocycles. The van der Waals surface area contributed by atoms with Crippen LogP contribution in [-0.2, 0) is 10.2 Å². The zero-order valence-electron chi connectivity index (χ0n) is 21.6. The van der Waals surface area contributed by atoms with E-state index in [2.05, 4.69) is 16.7 Å². The number of benzene rings is 3. The van der Waals surface area contributed by atoms with E-state index in [9.17, 15) is 10.1 Å². The Labute approximate surface area is 232 Å². The van der Waals surface area contributed by atoms with Crippen molar-refractivity contribution in [1.82, 2.24) is 5.32 Å². The maximum atomic E-state index is 15.7. The maximum Gasteiger partial charge on any atom is 0.242 e. The summed E-state index contributed by atoms with van der Waals surface area (Å²) in [5, 5.41) is 17.1. The molecule has 3 aromatic rings. The molecule has 0 aromatic heterocycles. The minimum atomic E-state index is -1.66. The highest BCUT2D eigenvalue weighted by atomic mass is 35.5. The summed E-state index contributed by atoms with van der Waals surface area (Å²) in [7, 11) is 0. The van der Waals surface area contributed by atoms with Gasteiger partial charge in [0.15, 0.2) is 0 Å². The first kappa shape index (κ1) is 28.0. The van der Waals surface area contributed by atoms with Crippen molar-refractivity contribution in [2.45, 2.75) is 57.5 Å². The lowest BCUT2D eigenvalue weighted by Crippen LogP contribution is -2.45. The number of carbonyl (C=O) groups excluding carboxylic acids is 1. The second-order valence-corrected chi connectivity index (χ2v) is 11.9. The molecular weight excluding hydrogens is 527 g/mol. The summed E-state index contributed by atoms with van der Waals surface area (Å²) in [6.07, 6.45) is 0.398. The van der Waals surface area contributed by atoms with E-state index in [1.54, 1.807) is 18.2 Å². The summed E-state index contributed by atoms with van der Waals surface area (Å²) in [4.78, 5) is 13.8. The summed E-state index contributed by atoms with van der Waals surface area (Å²) >= 11 is 12.2. The number of amides is 1. The van der Waals surface area contributed by atoms with Crippen molar-refractivity contribution in [1.29, 1.82) is 5.26 Å². The summed E-state index contributed by atoms with van der Waals surface area (Å²) in [6.45, 7) is 7.90. The first-order valence-electron chi connectivity index (χ1n) is 12.3. The van der Waals surface area contributed by atoms with Gasteiger partial charge in [-0.05, 0) is 54.7 Å². The molecule has 0 saturated carbocycles. The molecule has 2 unspecified atom stereocenters. The molecule has 1 fully saturated rings. The molecule has 0 spiro atoms. The van der Waals surface area contributed by atoms with Crippen LogP contribution >= 0.6 is 23.2 Å². The van der Waals surface area contributed by atoms with Crippen LogP contribution in [0.5, 0.6) is 0 Å². The Morgan fingerprint density at radius 3 is 2.39 bits per heavy atom. The highest BCUT2D eigenvalue weighted by Gasteiger charge is 2.61. The van der Waals surface area contributed by atoms with Crippen molar-refractivity contribution in [3.8, 4) is 6.07 Å². The second kappa shape index (κ2) is 10.6. The van der Waals surface area contributed by atoms with E-state index in [0.717, 1.165) is 11.6 Å². The molecule has 1 aliphatic rings. The van der Waals surface area contributed by atoms with Crippen molar-refractivity contribution in [3.63, 3.8) is 0 Å². The number of halogens is 4. The predicted molar refractivity (Wildman–Crippen MR) is 147 cm³/mol. The molecule has 8 heteroatoms. The third kappa shape index (κ3) is 5.29. The lowest BCUT2D eigenvalue weighted by Gasteiger charge is -2.37. The zero-order chi connectivity index (χ0) is 27.8. The SMILES string of the molecule is Cc1ccc(NC(=O)[C@@H]2NC(CC(C)(C)C)[C@](C#N)(c3ccc(Cl)cc3F)C2c2cccc(Cl)c2F)cc1. The Kier molecular flexibility index (Phi) is 7.86. The number of rotatable bonds is 5. The minimum absolute atomic E-state index is 0.0427. The largest absolute Gasteiger partial charge is 0.325 e. The average molecular weight is 556 g/mol. The fraction of sp³-hybridized carbons (Fsp3) is 0.333. The number of nitriles is 1. The van der Waals surface area contributed by atoms with E-state index < -0.39 is 41.0 Å². The predicted octanol–water partition coefficient (Wildman–Crippen LogP) is 7.54. The van der Waals surface area contributed by atoms with Gasteiger partial charge in [-0.2, -0.15) is 5.26 Å². The quantitative estimate of drug-likeness (QED) is 0.341. The van der Waals surface area contributed by atoms with Gasteiger partial charge in [0, 0.05) is 28.2 Å². The fourth-order valence-electron chi connectivity index (χ4n) is 5.41. The van der Waals surface area contributed by atoms with E-state index in [1.807, 2.05) is 39.8 Å². The van der Waals surface area contributed by atoms with Crippen molar-refractivity contribution >= 4 is 34.8 Å². The number of hydrogen-bond donors (Lipinski definition) is 2. The number of carbonyl (C=O) groups is 1. The van der Waals surface area contributed by atoms with Gasteiger partial charge in [-0.15, -0.1) is 0 Å². The molecule has 1 heterocycles. The highest BCUT2D eigenvalue weighted by Crippen LogP contribution is 2.52. The smallest absolute Gasteiger partial charge is 0.242 e. The topological polar surface area (TPSA) is 64.9 Å². The molecule has 0 bridgehead atoms. The van der Waals surface area contributed by atoms with Gasteiger partial charge < -0.3 is 10.6 Å². The molecule has 1 amide bonds. The summed E-state index contributed by atoms with van der Waals surface area (Å²) in [5.41, 5.74) is -0.312. The molecule has 4 nitrogen and oxygen atoms in total. The monoisotopic (exact) mass is 555 g/mol. The van der Waals surface area contributed by atoms with Crippen LogP contribution in [-0.4, -0.2) is 18.0 Å². The normalized spacial score (nSPS) is 23.2. The van der Waals surface area contributed by atoms with Crippen molar-refractivity contribution in [2.24, 2.45) is 5.41 Å². The van der Waals surface area contributed by atoms with Gasteiger partial charge in [-0.3, -0.25) is 4.79 Å². The van der Waals surface area contributed by atoms with E-state index >= 15 is 8.78 Å². The van der Waals surface area contributed by atoms with Gasteiger partial charge in [-0.25, -0.2) is 8.78 Å². The molecule has 4 atom stereocenters. The number of nitrogens with one attached hydrogen (secondary N) is 2. The fourth-order valence-corrected chi connectivity index (χ4v) is 5.75. The van der Waals surface area contributed by atoms with Gasteiger partial charge in [0.25, 0.3) is 0 Å². The number of nitrogens with zero attached hydrogens (tertiary/aromatic N) is 1. The number of anilines is 1. The molecule has 38 heavy (non-hydrogen) atoms. The summed E-state index contributed by atoms with van der Waals surface area (Å²) in [6, 6.07) is 16.3. The van der Waals surface area contributed by atoms with Crippen LogP contribution < -0.4 is 10.6 Å². The van der Waals surface area contributed by atoms with Crippen molar-refractivity contribution in [2.75, 3.05) is 5.32 Å². The van der Waals surface area contributed by atoms with E-state index in [0.29, 0.717) is 12.1 Å². The molecular formula is C30H29Cl2F2N3O. The van der Waals surface area contributed by atoms with Crippen molar-refractivity contribution < 1.29 is 13.6 Å². The van der Waals surface area contributed by atoms with Gasteiger partial charge in [0.2, 0.25) is 5.91 Å².